The van der Waals surface area contributed by atoms with Gasteiger partial charge in [0.1, 0.15) is 5.75 Å². The van der Waals surface area contributed by atoms with Crippen molar-refractivity contribution in [1.82, 2.24) is 0 Å². The number of rotatable bonds is 2. The predicted molar refractivity (Wildman–Crippen MR) is 112 cm³/mol. The summed E-state index contributed by atoms with van der Waals surface area (Å²) in [6.45, 7) is 1.08. The van der Waals surface area contributed by atoms with Gasteiger partial charge in [-0.3, -0.25) is 9.69 Å². The van der Waals surface area contributed by atoms with Crippen LogP contribution >= 0.6 is 24.0 Å². The van der Waals surface area contributed by atoms with Crippen molar-refractivity contribution in [2.24, 2.45) is 0 Å². The highest BCUT2D eigenvalue weighted by atomic mass is 32.2. The standard InChI is InChI=1S/C20H18N2O2S2/c1-21-10-2-3-14-11-13(4-9-17(14)21)12-18-19(24)22(20(25)26-18)15-5-7-16(23)8-6-15/h4-9,11-12,23H,2-3,10H2,1H3/b18-12-. The minimum Gasteiger partial charge on any atom is -0.508 e. The lowest BCUT2D eigenvalue weighted by molar-refractivity contribution is -0.113. The Morgan fingerprint density at radius 3 is 2.73 bits per heavy atom. The molecule has 0 radical (unpaired) electrons. The fourth-order valence-corrected chi connectivity index (χ4v) is 4.64. The molecule has 2 heterocycles. The van der Waals surface area contributed by atoms with Crippen molar-refractivity contribution in [2.75, 3.05) is 23.4 Å². The highest BCUT2D eigenvalue weighted by Gasteiger charge is 2.33. The van der Waals surface area contributed by atoms with Crippen molar-refractivity contribution in [3.05, 3.63) is 58.5 Å². The first kappa shape index (κ1) is 17.1. The quantitative estimate of drug-likeness (QED) is 0.623. The number of hydrogen-bond acceptors (Lipinski definition) is 5. The number of nitrogens with zero attached hydrogens (tertiary/aromatic N) is 2. The summed E-state index contributed by atoms with van der Waals surface area (Å²) in [5.74, 6) is 0.0364. The molecule has 0 aromatic heterocycles. The molecule has 0 unspecified atom stereocenters. The van der Waals surface area contributed by atoms with Gasteiger partial charge in [0.25, 0.3) is 5.91 Å². The van der Waals surface area contributed by atoms with Gasteiger partial charge in [0.05, 0.1) is 10.6 Å². The topological polar surface area (TPSA) is 43.8 Å². The van der Waals surface area contributed by atoms with E-state index in [-0.39, 0.29) is 11.7 Å². The molecule has 1 fully saturated rings. The van der Waals surface area contributed by atoms with Gasteiger partial charge >= 0.3 is 0 Å². The van der Waals surface area contributed by atoms with Crippen molar-refractivity contribution < 1.29 is 9.90 Å². The summed E-state index contributed by atoms with van der Waals surface area (Å²) in [4.78, 5) is 17.2. The van der Waals surface area contributed by atoms with Crippen molar-refractivity contribution in [2.45, 2.75) is 12.8 Å². The number of amides is 1. The Balaban J connectivity index is 1.63. The maximum atomic E-state index is 12.8. The molecule has 0 bridgehead atoms. The van der Waals surface area contributed by atoms with Crippen LogP contribution in [-0.4, -0.2) is 28.9 Å². The van der Waals surface area contributed by atoms with Gasteiger partial charge in [-0.05, 0) is 66.4 Å². The van der Waals surface area contributed by atoms with Crippen molar-refractivity contribution in [3.63, 3.8) is 0 Å². The minimum absolute atomic E-state index is 0.125. The normalized spacial score (nSPS) is 18.6. The number of hydrogen-bond donors (Lipinski definition) is 1. The van der Waals surface area contributed by atoms with Gasteiger partial charge in [0.2, 0.25) is 0 Å². The lowest BCUT2D eigenvalue weighted by Gasteiger charge is -2.27. The van der Waals surface area contributed by atoms with Gasteiger partial charge in [0.15, 0.2) is 4.32 Å². The van der Waals surface area contributed by atoms with E-state index in [0.29, 0.717) is 14.9 Å². The number of thioether (sulfide) groups is 1. The molecule has 26 heavy (non-hydrogen) atoms. The fourth-order valence-electron chi connectivity index (χ4n) is 3.34. The first-order valence-electron chi connectivity index (χ1n) is 8.44. The van der Waals surface area contributed by atoms with E-state index in [0.717, 1.165) is 24.9 Å². The van der Waals surface area contributed by atoms with Crippen LogP contribution in [-0.2, 0) is 11.2 Å². The number of carbonyl (C=O) groups excluding carboxylic acids is 1. The smallest absolute Gasteiger partial charge is 0.270 e. The van der Waals surface area contributed by atoms with Gasteiger partial charge in [-0.25, -0.2) is 0 Å². The summed E-state index contributed by atoms with van der Waals surface area (Å²) in [6.07, 6.45) is 4.13. The zero-order chi connectivity index (χ0) is 18.3. The molecule has 2 aromatic rings. The van der Waals surface area contributed by atoms with E-state index in [9.17, 15) is 9.90 Å². The van der Waals surface area contributed by atoms with E-state index >= 15 is 0 Å². The summed E-state index contributed by atoms with van der Waals surface area (Å²) in [6, 6.07) is 12.8. The SMILES string of the molecule is CN1CCCc2cc(/C=C3\SC(=S)N(c4ccc(O)cc4)C3=O)ccc21. The third-order valence-corrected chi connectivity index (χ3v) is 5.96. The Labute approximate surface area is 162 Å². The molecule has 6 heteroatoms. The third-order valence-electron chi connectivity index (χ3n) is 4.65. The van der Waals surface area contributed by atoms with E-state index in [4.69, 9.17) is 12.2 Å². The molecule has 1 N–H and O–H groups in total. The molecule has 2 aromatic carbocycles. The zero-order valence-electron chi connectivity index (χ0n) is 14.3. The van der Waals surface area contributed by atoms with E-state index in [1.807, 2.05) is 12.1 Å². The minimum atomic E-state index is -0.125. The predicted octanol–water partition coefficient (Wildman–Crippen LogP) is 4.18. The van der Waals surface area contributed by atoms with Crippen LogP contribution in [0.1, 0.15) is 17.5 Å². The first-order valence-corrected chi connectivity index (χ1v) is 9.66. The summed E-state index contributed by atoms with van der Waals surface area (Å²) in [5.41, 5.74) is 4.28. The third kappa shape index (κ3) is 3.10. The Morgan fingerprint density at radius 2 is 1.96 bits per heavy atom. The van der Waals surface area contributed by atoms with Crippen LogP contribution < -0.4 is 9.80 Å². The van der Waals surface area contributed by atoms with Crippen LogP contribution in [0.3, 0.4) is 0 Å². The van der Waals surface area contributed by atoms with Crippen LogP contribution in [0.4, 0.5) is 11.4 Å². The molecule has 1 amide bonds. The van der Waals surface area contributed by atoms with Crippen LogP contribution in [0.2, 0.25) is 0 Å². The molecule has 1 saturated heterocycles. The van der Waals surface area contributed by atoms with Crippen LogP contribution in [0.25, 0.3) is 6.08 Å². The Kier molecular flexibility index (Phi) is 4.46. The number of fused-ring (bicyclic) bond motifs is 1. The molecule has 4 rings (SSSR count). The number of phenolic OH excluding ortho intramolecular Hbond substituents is 1. The molecule has 0 spiro atoms. The number of anilines is 2. The number of thiocarbonyl (C=S) groups is 1. The summed E-state index contributed by atoms with van der Waals surface area (Å²) in [7, 11) is 2.11. The highest BCUT2D eigenvalue weighted by Crippen LogP contribution is 2.37. The maximum absolute atomic E-state index is 12.8. The Morgan fingerprint density at radius 1 is 1.19 bits per heavy atom. The molecule has 2 aliphatic rings. The molecular formula is C20H18N2O2S2. The van der Waals surface area contributed by atoms with Crippen LogP contribution in [0.5, 0.6) is 5.75 Å². The average molecular weight is 383 g/mol. The van der Waals surface area contributed by atoms with Gasteiger partial charge in [-0.2, -0.15) is 0 Å². The summed E-state index contributed by atoms with van der Waals surface area (Å²) >= 11 is 6.71. The van der Waals surface area contributed by atoms with E-state index in [2.05, 4.69) is 24.1 Å². The maximum Gasteiger partial charge on any atom is 0.270 e. The van der Waals surface area contributed by atoms with Gasteiger partial charge in [0, 0.05) is 19.3 Å². The Hall–Kier alpha value is -2.31. The van der Waals surface area contributed by atoms with Crippen LogP contribution in [0, 0.1) is 0 Å². The van der Waals surface area contributed by atoms with Gasteiger partial charge < -0.3 is 10.0 Å². The van der Waals surface area contributed by atoms with E-state index < -0.39 is 0 Å². The number of carbonyl (C=O) groups is 1. The molecule has 4 nitrogen and oxygen atoms in total. The van der Waals surface area contributed by atoms with Gasteiger partial charge in [-0.15, -0.1) is 0 Å². The molecule has 132 valence electrons. The summed E-state index contributed by atoms with van der Waals surface area (Å²) < 4.78 is 0.504. The number of aromatic hydroxyl groups is 1. The molecule has 0 aliphatic carbocycles. The zero-order valence-corrected chi connectivity index (χ0v) is 15.9. The van der Waals surface area contributed by atoms with Crippen LogP contribution in [0.15, 0.2) is 47.4 Å². The molecular weight excluding hydrogens is 364 g/mol. The second-order valence-electron chi connectivity index (χ2n) is 6.45. The number of aryl methyl sites for hydroxylation is 1. The average Bonchev–Trinajstić information content (AvgIpc) is 2.90. The highest BCUT2D eigenvalue weighted by molar-refractivity contribution is 8.27. The summed E-state index contributed by atoms with van der Waals surface area (Å²) in [5, 5.41) is 9.44. The van der Waals surface area contributed by atoms with Crippen molar-refractivity contribution >= 4 is 51.7 Å². The number of phenols is 1. The molecule has 2 aliphatic heterocycles. The number of benzene rings is 2. The van der Waals surface area contributed by atoms with Crippen molar-refractivity contribution in [1.29, 1.82) is 0 Å². The first-order chi connectivity index (χ1) is 12.5. The second kappa shape index (κ2) is 6.78. The lowest BCUT2D eigenvalue weighted by atomic mass is 9.99. The van der Waals surface area contributed by atoms with E-state index in [1.165, 1.54) is 27.9 Å². The second-order valence-corrected chi connectivity index (χ2v) is 8.12. The Bertz CT molecular complexity index is 922. The van der Waals surface area contributed by atoms with Crippen molar-refractivity contribution in [3.8, 4) is 5.75 Å². The fraction of sp³-hybridized carbons (Fsp3) is 0.200. The molecule has 0 atom stereocenters. The van der Waals surface area contributed by atoms with E-state index in [1.54, 1.807) is 24.3 Å². The lowest BCUT2D eigenvalue weighted by Crippen LogP contribution is -2.27. The monoisotopic (exact) mass is 382 g/mol. The largest absolute Gasteiger partial charge is 0.508 e. The van der Waals surface area contributed by atoms with Gasteiger partial charge in [-0.1, -0.05) is 30.0 Å². The molecule has 0 saturated carbocycles.